The Morgan fingerprint density at radius 3 is 2.81 bits per heavy atom. The fraction of sp³-hybridized carbons (Fsp3) is 0.526. The van der Waals surface area contributed by atoms with Gasteiger partial charge in [0, 0.05) is 50.3 Å². The second-order valence-corrected chi connectivity index (χ2v) is 7.64. The van der Waals surface area contributed by atoms with E-state index in [-0.39, 0.29) is 5.69 Å². The molecule has 1 aliphatic rings. The molecule has 27 heavy (non-hydrogen) atoms. The van der Waals surface area contributed by atoms with Crippen molar-refractivity contribution in [3.63, 3.8) is 0 Å². The van der Waals surface area contributed by atoms with Crippen molar-refractivity contribution >= 4 is 17.7 Å². The summed E-state index contributed by atoms with van der Waals surface area (Å²) in [6.07, 6.45) is 3.95. The third-order valence-electron chi connectivity index (χ3n) is 4.50. The Kier molecular flexibility index (Phi) is 7.38. The molecule has 0 bridgehead atoms. The molecule has 7 nitrogen and oxygen atoms in total. The summed E-state index contributed by atoms with van der Waals surface area (Å²) in [6, 6.07) is 10.4. The number of aryl methyl sites for hydroxylation is 2. The summed E-state index contributed by atoms with van der Waals surface area (Å²) in [7, 11) is 1.77. The Hall–Kier alpha value is -2.22. The molecule has 3 rings (SSSR count). The lowest BCUT2D eigenvalue weighted by Gasteiger charge is -2.11. The van der Waals surface area contributed by atoms with Crippen LogP contribution in [-0.4, -0.2) is 46.2 Å². The number of hydrogen-bond acceptors (Lipinski definition) is 4. The van der Waals surface area contributed by atoms with Gasteiger partial charge in [0.05, 0.1) is 0 Å². The molecule has 0 spiro atoms. The van der Waals surface area contributed by atoms with Crippen LogP contribution in [0.1, 0.15) is 25.1 Å². The maximum atomic E-state index is 12.3. The summed E-state index contributed by atoms with van der Waals surface area (Å²) in [5, 5.41) is 11.1. The molecule has 8 heteroatoms. The monoisotopic (exact) mass is 388 g/mol. The van der Waals surface area contributed by atoms with Crippen LogP contribution in [0.4, 0.5) is 0 Å². The van der Waals surface area contributed by atoms with E-state index in [0.29, 0.717) is 6.54 Å². The van der Waals surface area contributed by atoms with Gasteiger partial charge in [0.1, 0.15) is 5.82 Å². The number of nitrogens with zero attached hydrogens (tertiary/aromatic N) is 4. The molecular formula is C19H28N6OS. The van der Waals surface area contributed by atoms with E-state index >= 15 is 0 Å². The van der Waals surface area contributed by atoms with Crippen LogP contribution in [0.15, 0.2) is 45.0 Å². The van der Waals surface area contributed by atoms with Crippen LogP contribution in [0.2, 0.25) is 0 Å². The van der Waals surface area contributed by atoms with Gasteiger partial charge in [-0.2, -0.15) is 5.10 Å². The van der Waals surface area contributed by atoms with Crippen LogP contribution in [0, 0.1) is 0 Å². The van der Waals surface area contributed by atoms with Crippen LogP contribution >= 0.6 is 11.8 Å². The van der Waals surface area contributed by atoms with E-state index in [1.165, 1.54) is 4.90 Å². The second-order valence-electron chi connectivity index (χ2n) is 6.47. The zero-order valence-corrected chi connectivity index (χ0v) is 16.7. The number of thioether (sulfide) groups is 1. The molecule has 1 aromatic carbocycles. The molecule has 0 radical (unpaired) electrons. The van der Waals surface area contributed by atoms with Crippen molar-refractivity contribution in [2.75, 3.05) is 25.9 Å². The number of fused-ring (bicyclic) bond motifs is 1. The lowest BCUT2D eigenvalue weighted by Crippen LogP contribution is -2.39. The number of aliphatic imine (C=N–C) groups is 1. The van der Waals surface area contributed by atoms with E-state index in [0.717, 1.165) is 62.9 Å². The van der Waals surface area contributed by atoms with Crippen molar-refractivity contribution in [1.82, 2.24) is 25.0 Å². The molecule has 0 saturated heterocycles. The maximum Gasteiger partial charge on any atom is 0.345 e. The van der Waals surface area contributed by atoms with Crippen molar-refractivity contribution in [3.05, 3.63) is 46.6 Å². The van der Waals surface area contributed by atoms with Crippen LogP contribution < -0.4 is 16.3 Å². The minimum Gasteiger partial charge on any atom is -0.356 e. The minimum absolute atomic E-state index is 0.0325. The van der Waals surface area contributed by atoms with Gasteiger partial charge in [-0.1, -0.05) is 18.2 Å². The fourth-order valence-corrected chi connectivity index (χ4v) is 3.89. The first kappa shape index (κ1) is 19.5. The molecular weight excluding hydrogens is 360 g/mol. The fourth-order valence-electron chi connectivity index (χ4n) is 3.11. The molecule has 0 fully saturated rings. The Balaban J connectivity index is 1.34. The predicted octanol–water partition coefficient (Wildman–Crippen LogP) is 1.73. The van der Waals surface area contributed by atoms with Crippen molar-refractivity contribution in [2.24, 2.45) is 4.99 Å². The average molecular weight is 389 g/mol. The molecule has 0 saturated carbocycles. The summed E-state index contributed by atoms with van der Waals surface area (Å²) in [5.74, 6) is 2.70. The van der Waals surface area contributed by atoms with E-state index in [1.807, 2.05) is 22.4 Å². The van der Waals surface area contributed by atoms with E-state index in [1.54, 1.807) is 11.7 Å². The molecule has 0 aliphatic carbocycles. The highest BCUT2D eigenvalue weighted by Crippen LogP contribution is 2.15. The van der Waals surface area contributed by atoms with Gasteiger partial charge in [-0.05, 0) is 31.4 Å². The Bertz CT molecular complexity index is 798. The smallest absolute Gasteiger partial charge is 0.345 e. The van der Waals surface area contributed by atoms with Crippen molar-refractivity contribution in [3.8, 4) is 0 Å². The van der Waals surface area contributed by atoms with Crippen LogP contribution in [0.3, 0.4) is 0 Å². The van der Waals surface area contributed by atoms with Gasteiger partial charge in [-0.15, -0.1) is 11.8 Å². The number of aromatic nitrogens is 3. The lowest BCUT2D eigenvalue weighted by molar-refractivity contribution is 0.509. The standard InChI is InChI=1S/C19H28N6OS/c1-20-18(22-12-15-27-16-8-3-2-4-9-16)21-11-7-14-25-19(26)24-13-6-5-10-17(24)23-25/h2-4,8-9H,5-7,10-15H2,1H3,(H2,20,21,22). The Morgan fingerprint density at radius 2 is 2.04 bits per heavy atom. The minimum atomic E-state index is 0.0325. The average Bonchev–Trinajstić information content (AvgIpc) is 3.03. The SMILES string of the molecule is CN=C(NCCCn1nc2n(c1=O)CCCC2)NCCSc1ccccc1. The number of nitrogens with one attached hydrogen (secondary N) is 2. The first-order chi connectivity index (χ1) is 13.3. The van der Waals surface area contributed by atoms with Gasteiger partial charge < -0.3 is 10.6 Å². The first-order valence-electron chi connectivity index (χ1n) is 9.57. The van der Waals surface area contributed by atoms with Gasteiger partial charge in [0.15, 0.2) is 5.96 Å². The first-order valence-corrected chi connectivity index (χ1v) is 10.6. The normalized spacial score (nSPS) is 14.0. The van der Waals surface area contributed by atoms with Crippen molar-refractivity contribution in [2.45, 2.75) is 43.7 Å². The Labute approximate surface area is 164 Å². The number of benzene rings is 1. The van der Waals surface area contributed by atoms with Gasteiger partial charge in [-0.3, -0.25) is 9.56 Å². The van der Waals surface area contributed by atoms with Gasteiger partial charge >= 0.3 is 5.69 Å². The van der Waals surface area contributed by atoms with Crippen molar-refractivity contribution in [1.29, 1.82) is 0 Å². The molecule has 1 aliphatic heterocycles. The highest BCUT2D eigenvalue weighted by atomic mass is 32.2. The van der Waals surface area contributed by atoms with Gasteiger partial charge in [0.2, 0.25) is 0 Å². The predicted molar refractivity (Wildman–Crippen MR) is 111 cm³/mol. The Morgan fingerprint density at radius 1 is 1.22 bits per heavy atom. The topological polar surface area (TPSA) is 76.2 Å². The number of guanidine groups is 1. The van der Waals surface area contributed by atoms with Gasteiger partial charge in [0.25, 0.3) is 0 Å². The number of hydrogen-bond donors (Lipinski definition) is 2. The second kappa shape index (κ2) is 10.2. The summed E-state index contributed by atoms with van der Waals surface area (Å²) < 4.78 is 3.43. The highest BCUT2D eigenvalue weighted by Gasteiger charge is 2.16. The maximum absolute atomic E-state index is 12.3. The van der Waals surface area contributed by atoms with Crippen molar-refractivity contribution < 1.29 is 0 Å². The molecule has 2 heterocycles. The summed E-state index contributed by atoms with van der Waals surface area (Å²) in [5.41, 5.74) is 0.0325. The van der Waals surface area contributed by atoms with E-state index in [9.17, 15) is 4.79 Å². The van der Waals surface area contributed by atoms with E-state index < -0.39 is 0 Å². The number of rotatable bonds is 8. The van der Waals surface area contributed by atoms with Crippen LogP contribution in [0.5, 0.6) is 0 Å². The van der Waals surface area contributed by atoms with E-state index in [4.69, 9.17) is 0 Å². The third kappa shape index (κ3) is 5.63. The third-order valence-corrected chi connectivity index (χ3v) is 5.51. The summed E-state index contributed by atoms with van der Waals surface area (Å²) in [4.78, 5) is 17.8. The highest BCUT2D eigenvalue weighted by molar-refractivity contribution is 7.99. The summed E-state index contributed by atoms with van der Waals surface area (Å²) >= 11 is 1.82. The molecule has 1 aromatic heterocycles. The largest absolute Gasteiger partial charge is 0.356 e. The molecule has 146 valence electrons. The molecule has 2 aromatic rings. The van der Waals surface area contributed by atoms with Crippen LogP contribution in [0.25, 0.3) is 0 Å². The molecule has 0 atom stereocenters. The van der Waals surface area contributed by atoms with E-state index in [2.05, 4.69) is 45.0 Å². The molecule has 2 N–H and O–H groups in total. The molecule has 0 unspecified atom stereocenters. The zero-order valence-electron chi connectivity index (χ0n) is 15.9. The zero-order chi connectivity index (χ0) is 18.9. The van der Waals surface area contributed by atoms with Gasteiger partial charge in [-0.25, -0.2) is 9.48 Å². The van der Waals surface area contributed by atoms with Crippen LogP contribution in [-0.2, 0) is 19.5 Å². The lowest BCUT2D eigenvalue weighted by atomic mass is 10.2. The quantitative estimate of drug-likeness (QED) is 0.312. The summed E-state index contributed by atoms with van der Waals surface area (Å²) in [6.45, 7) is 3.03. The molecule has 0 amide bonds.